The third-order valence-corrected chi connectivity index (χ3v) is 6.09. The fourth-order valence-electron chi connectivity index (χ4n) is 4.70. The van der Waals surface area contributed by atoms with Crippen molar-refractivity contribution in [3.05, 3.63) is 35.9 Å². The molecule has 1 spiro atoms. The molecular weight excluding hydrogens is 338 g/mol. The monoisotopic (exact) mass is 373 g/mol. The van der Waals surface area contributed by atoms with Crippen molar-refractivity contribution in [2.45, 2.75) is 32.2 Å². The number of methoxy groups -OCH3 is 1. The molecule has 0 bridgehead atoms. The number of likely N-dealkylation sites (tertiary alicyclic amines) is 2. The van der Waals surface area contributed by atoms with Crippen molar-refractivity contribution in [2.24, 2.45) is 5.41 Å². The van der Waals surface area contributed by atoms with Gasteiger partial charge < -0.3 is 9.64 Å². The minimum Gasteiger partial charge on any atom is -0.383 e. The number of likely N-dealkylation sites (N-methyl/N-ethyl adjacent to an activating group) is 1. The summed E-state index contributed by atoms with van der Waals surface area (Å²) in [6, 6.07) is 10.8. The van der Waals surface area contributed by atoms with Crippen LogP contribution in [-0.4, -0.2) is 80.6 Å². The number of piperidine rings is 2. The molecule has 0 aliphatic carbocycles. The lowest BCUT2D eigenvalue weighted by atomic mass is 9.73. The van der Waals surface area contributed by atoms with E-state index in [-0.39, 0.29) is 11.3 Å². The van der Waals surface area contributed by atoms with Crippen LogP contribution in [0.15, 0.2) is 30.3 Å². The van der Waals surface area contributed by atoms with Crippen LogP contribution in [0.3, 0.4) is 0 Å². The van der Waals surface area contributed by atoms with Gasteiger partial charge >= 0.3 is 0 Å². The Morgan fingerprint density at radius 3 is 2.63 bits per heavy atom. The van der Waals surface area contributed by atoms with Crippen molar-refractivity contribution in [2.75, 3.05) is 60.0 Å². The molecule has 0 aromatic heterocycles. The van der Waals surface area contributed by atoms with Crippen LogP contribution in [0.5, 0.6) is 0 Å². The fraction of sp³-hybridized carbons (Fsp3) is 0.682. The summed E-state index contributed by atoms with van der Waals surface area (Å²) >= 11 is 0. The average Bonchev–Trinajstić information content (AvgIpc) is 2.67. The van der Waals surface area contributed by atoms with Gasteiger partial charge in [-0.2, -0.15) is 0 Å². The molecule has 150 valence electrons. The molecule has 0 radical (unpaired) electrons. The summed E-state index contributed by atoms with van der Waals surface area (Å²) in [7, 11) is 3.70. The van der Waals surface area contributed by atoms with E-state index in [1.807, 2.05) is 7.05 Å². The van der Waals surface area contributed by atoms with Gasteiger partial charge in [-0.3, -0.25) is 14.6 Å². The number of hydrogen-bond acceptors (Lipinski definition) is 4. The molecule has 0 N–H and O–H groups in total. The third kappa shape index (κ3) is 5.77. The summed E-state index contributed by atoms with van der Waals surface area (Å²) in [5.74, 6) is 0.271. The van der Waals surface area contributed by atoms with Gasteiger partial charge in [0.05, 0.1) is 13.2 Å². The van der Waals surface area contributed by atoms with Gasteiger partial charge in [-0.15, -0.1) is 0 Å². The molecule has 1 aromatic carbocycles. The fourth-order valence-corrected chi connectivity index (χ4v) is 4.70. The van der Waals surface area contributed by atoms with Crippen molar-refractivity contribution < 1.29 is 9.53 Å². The van der Waals surface area contributed by atoms with Gasteiger partial charge in [0.25, 0.3) is 0 Å². The first kappa shape index (κ1) is 20.3. The quantitative estimate of drug-likeness (QED) is 0.736. The van der Waals surface area contributed by atoms with Crippen molar-refractivity contribution in [1.29, 1.82) is 0 Å². The average molecular weight is 374 g/mol. The Morgan fingerprint density at radius 1 is 1.15 bits per heavy atom. The van der Waals surface area contributed by atoms with Gasteiger partial charge in [0.2, 0.25) is 5.91 Å². The lowest BCUT2D eigenvalue weighted by Crippen LogP contribution is -2.54. The normalized spacial score (nSPS) is 23.9. The molecule has 1 amide bonds. The van der Waals surface area contributed by atoms with Gasteiger partial charge in [-0.25, -0.2) is 0 Å². The zero-order valence-corrected chi connectivity index (χ0v) is 17.0. The van der Waals surface area contributed by atoms with Crippen LogP contribution in [0.2, 0.25) is 0 Å². The molecule has 1 aromatic rings. The highest BCUT2D eigenvalue weighted by atomic mass is 16.5. The molecule has 2 aliphatic rings. The first-order valence-electron chi connectivity index (χ1n) is 10.3. The number of hydrogen-bond donors (Lipinski definition) is 0. The molecule has 27 heavy (non-hydrogen) atoms. The Morgan fingerprint density at radius 2 is 1.89 bits per heavy atom. The largest absolute Gasteiger partial charge is 0.383 e. The van der Waals surface area contributed by atoms with E-state index in [1.165, 1.54) is 31.4 Å². The summed E-state index contributed by atoms with van der Waals surface area (Å²) in [4.78, 5) is 19.6. The Kier molecular flexibility index (Phi) is 7.27. The first-order valence-corrected chi connectivity index (χ1v) is 10.3. The summed E-state index contributed by atoms with van der Waals surface area (Å²) in [6.45, 7) is 7.11. The van der Waals surface area contributed by atoms with E-state index in [4.69, 9.17) is 4.74 Å². The number of nitrogens with zero attached hydrogens (tertiary/aromatic N) is 3. The predicted molar refractivity (Wildman–Crippen MR) is 109 cm³/mol. The van der Waals surface area contributed by atoms with E-state index in [0.717, 1.165) is 39.1 Å². The Hall–Kier alpha value is -1.43. The van der Waals surface area contributed by atoms with Gasteiger partial charge in [0.15, 0.2) is 0 Å². The second-order valence-corrected chi connectivity index (χ2v) is 8.45. The van der Waals surface area contributed by atoms with Crippen LogP contribution in [0.4, 0.5) is 0 Å². The Labute approximate surface area is 164 Å². The second-order valence-electron chi connectivity index (χ2n) is 8.45. The lowest BCUT2D eigenvalue weighted by Gasteiger charge is -2.48. The van der Waals surface area contributed by atoms with Crippen molar-refractivity contribution in [3.63, 3.8) is 0 Å². The van der Waals surface area contributed by atoms with E-state index in [0.29, 0.717) is 13.2 Å². The Bertz CT molecular complexity index is 590. The molecule has 2 fully saturated rings. The maximum Gasteiger partial charge on any atom is 0.236 e. The third-order valence-electron chi connectivity index (χ3n) is 6.09. The highest BCUT2D eigenvalue weighted by Gasteiger charge is 2.40. The van der Waals surface area contributed by atoms with Crippen molar-refractivity contribution in [3.8, 4) is 0 Å². The number of carbonyl (C=O) groups excluding carboxylic acids is 1. The van der Waals surface area contributed by atoms with Crippen molar-refractivity contribution >= 4 is 5.91 Å². The predicted octanol–water partition coefficient (Wildman–Crippen LogP) is 2.47. The standard InChI is InChI=1S/C22H35N3O2/c1-23(14-15-27-2)17-21(26)25-13-7-11-22(19-25)10-6-12-24(18-22)16-20-8-4-3-5-9-20/h3-5,8-9H,6-7,10-19H2,1-2H3. The van der Waals surface area contributed by atoms with Gasteiger partial charge in [0, 0.05) is 45.2 Å². The molecule has 1 unspecified atom stereocenters. The molecule has 0 saturated carbocycles. The molecule has 1 atom stereocenters. The summed E-state index contributed by atoms with van der Waals surface area (Å²) in [6.07, 6.45) is 4.87. The summed E-state index contributed by atoms with van der Waals surface area (Å²) in [5.41, 5.74) is 1.67. The lowest BCUT2D eigenvalue weighted by molar-refractivity contribution is -0.137. The van der Waals surface area contributed by atoms with Gasteiger partial charge in [-0.05, 0) is 44.8 Å². The van der Waals surface area contributed by atoms with E-state index in [1.54, 1.807) is 7.11 Å². The summed E-state index contributed by atoms with van der Waals surface area (Å²) < 4.78 is 5.12. The molecular formula is C22H35N3O2. The van der Waals surface area contributed by atoms with E-state index < -0.39 is 0 Å². The number of rotatable bonds is 7. The molecule has 5 heteroatoms. The van der Waals surface area contributed by atoms with Crippen LogP contribution in [0.1, 0.15) is 31.2 Å². The Balaban J connectivity index is 1.56. The first-order chi connectivity index (χ1) is 13.1. The van der Waals surface area contributed by atoms with Gasteiger partial charge in [0.1, 0.15) is 0 Å². The highest BCUT2D eigenvalue weighted by Crippen LogP contribution is 2.38. The molecule has 2 saturated heterocycles. The second kappa shape index (κ2) is 9.67. The number of ether oxygens (including phenoxy) is 1. The number of amides is 1. The molecule has 2 aliphatic heterocycles. The zero-order chi connectivity index (χ0) is 19.1. The SMILES string of the molecule is COCCN(C)CC(=O)N1CCCC2(CCCN(Cc3ccccc3)C2)C1. The topological polar surface area (TPSA) is 36.0 Å². The zero-order valence-electron chi connectivity index (χ0n) is 17.0. The summed E-state index contributed by atoms with van der Waals surface area (Å²) in [5, 5.41) is 0. The van der Waals surface area contributed by atoms with Crippen LogP contribution in [-0.2, 0) is 16.1 Å². The maximum atomic E-state index is 12.8. The molecule has 3 rings (SSSR count). The van der Waals surface area contributed by atoms with E-state index in [9.17, 15) is 4.79 Å². The van der Waals surface area contributed by atoms with Crippen LogP contribution in [0, 0.1) is 5.41 Å². The molecule has 2 heterocycles. The maximum absolute atomic E-state index is 12.8. The van der Waals surface area contributed by atoms with Crippen molar-refractivity contribution in [1.82, 2.24) is 14.7 Å². The highest BCUT2D eigenvalue weighted by molar-refractivity contribution is 5.78. The van der Waals surface area contributed by atoms with Crippen LogP contribution in [0.25, 0.3) is 0 Å². The van der Waals surface area contributed by atoms with Crippen LogP contribution < -0.4 is 0 Å². The molecule has 5 nitrogen and oxygen atoms in total. The van der Waals surface area contributed by atoms with Gasteiger partial charge in [-0.1, -0.05) is 30.3 Å². The minimum absolute atomic E-state index is 0.271. The number of benzene rings is 1. The number of carbonyl (C=O) groups is 1. The minimum atomic E-state index is 0.271. The van der Waals surface area contributed by atoms with E-state index in [2.05, 4.69) is 45.0 Å². The van der Waals surface area contributed by atoms with E-state index >= 15 is 0 Å². The van der Waals surface area contributed by atoms with Crippen LogP contribution >= 0.6 is 0 Å². The smallest absolute Gasteiger partial charge is 0.236 e.